The number of hydrogen-bond acceptors (Lipinski definition) is 3. The first-order chi connectivity index (χ1) is 17.9. The minimum atomic E-state index is 0.110. The average molecular weight is 523 g/mol. The second-order valence-electron chi connectivity index (χ2n) is 10.2. The molecule has 0 bridgehead atoms. The number of halogens is 1. The van der Waals surface area contributed by atoms with E-state index in [4.69, 9.17) is 16.3 Å². The maximum atomic E-state index is 12.7. The number of anilines is 1. The summed E-state index contributed by atoms with van der Waals surface area (Å²) < 4.78 is 6.45. The van der Waals surface area contributed by atoms with Gasteiger partial charge in [-0.1, -0.05) is 56.2 Å². The van der Waals surface area contributed by atoms with Gasteiger partial charge in [-0.05, 0) is 72.6 Å². The van der Waals surface area contributed by atoms with Gasteiger partial charge in [0, 0.05) is 44.0 Å². The number of hydrogen-bond donors (Lipinski definition) is 0. The molecule has 2 atom stereocenters. The van der Waals surface area contributed by atoms with Crippen LogP contribution < -0.4 is 9.64 Å². The minimum absolute atomic E-state index is 0.110. The molecule has 0 saturated heterocycles. The number of likely N-dealkylation sites (N-methyl/N-ethyl adjacent to an activating group) is 1. The topological polar surface area (TPSA) is 32.8 Å². The van der Waals surface area contributed by atoms with Crippen LogP contribution in [0.3, 0.4) is 0 Å². The van der Waals surface area contributed by atoms with Crippen molar-refractivity contribution in [1.82, 2.24) is 4.90 Å². The number of fused-ring (bicyclic) bond motifs is 1. The molecule has 0 N–H and O–H groups in total. The summed E-state index contributed by atoms with van der Waals surface area (Å²) in [7, 11) is 1.83. The van der Waals surface area contributed by atoms with Crippen LogP contribution in [-0.4, -0.2) is 44.1 Å². The Balaban J connectivity index is 1.89. The fourth-order valence-electron chi connectivity index (χ4n) is 5.10. The van der Waals surface area contributed by atoms with E-state index >= 15 is 0 Å². The van der Waals surface area contributed by atoms with E-state index in [1.807, 2.05) is 19.2 Å². The first-order valence-corrected chi connectivity index (χ1v) is 14.0. The van der Waals surface area contributed by atoms with Crippen LogP contribution in [-0.2, 0) is 11.2 Å². The predicted octanol–water partition coefficient (Wildman–Crippen LogP) is 7.77. The highest BCUT2D eigenvalue weighted by Gasteiger charge is 2.27. The number of carbonyl (C=O) groups is 1. The molecule has 0 spiro atoms. The van der Waals surface area contributed by atoms with Crippen LogP contribution in [0.1, 0.15) is 74.5 Å². The second-order valence-corrected chi connectivity index (χ2v) is 10.7. The minimum Gasteiger partial charge on any atom is -0.491 e. The SMILES string of the molecule is C=CCCCCN1CC(c2ccc(Cl)cc2CCC)COc2ccc(C(C)CC(=O)N(C)CC=C)cc21. The molecule has 0 aliphatic carbocycles. The molecule has 200 valence electrons. The van der Waals surface area contributed by atoms with Gasteiger partial charge in [-0.15, -0.1) is 13.2 Å². The number of aryl methyl sites for hydroxylation is 1. The molecule has 1 amide bonds. The van der Waals surface area contributed by atoms with Crippen molar-refractivity contribution in [2.45, 2.75) is 64.2 Å². The van der Waals surface area contributed by atoms with Crippen molar-refractivity contribution < 1.29 is 9.53 Å². The molecular formula is C32H43ClN2O2. The maximum absolute atomic E-state index is 12.7. The molecule has 5 heteroatoms. The van der Waals surface area contributed by atoms with Gasteiger partial charge in [0.05, 0.1) is 12.3 Å². The number of ether oxygens (including phenoxy) is 1. The second kappa shape index (κ2) is 14.3. The van der Waals surface area contributed by atoms with Crippen LogP contribution in [0.5, 0.6) is 5.75 Å². The number of allylic oxidation sites excluding steroid dienone is 1. The molecule has 1 aliphatic heterocycles. The van der Waals surface area contributed by atoms with Crippen molar-refractivity contribution >= 4 is 23.2 Å². The Bertz CT molecular complexity index is 1070. The van der Waals surface area contributed by atoms with E-state index in [0.717, 1.165) is 67.2 Å². The van der Waals surface area contributed by atoms with Gasteiger partial charge in [-0.3, -0.25) is 4.79 Å². The van der Waals surface area contributed by atoms with Crippen LogP contribution >= 0.6 is 11.6 Å². The Morgan fingerprint density at radius 2 is 2.03 bits per heavy atom. The summed E-state index contributed by atoms with van der Waals surface area (Å²) in [6, 6.07) is 12.8. The lowest BCUT2D eigenvalue weighted by Crippen LogP contribution is -2.30. The largest absolute Gasteiger partial charge is 0.491 e. The van der Waals surface area contributed by atoms with E-state index in [1.54, 1.807) is 11.0 Å². The van der Waals surface area contributed by atoms with Crippen LogP contribution in [0, 0.1) is 0 Å². The fraction of sp³-hybridized carbons (Fsp3) is 0.469. The number of nitrogens with zero attached hydrogens (tertiary/aromatic N) is 2. The van der Waals surface area contributed by atoms with Crippen molar-refractivity contribution in [2.24, 2.45) is 0 Å². The molecule has 0 aromatic heterocycles. The Labute approximate surface area is 229 Å². The molecule has 2 aromatic carbocycles. The number of amides is 1. The van der Waals surface area contributed by atoms with Gasteiger partial charge in [-0.2, -0.15) is 0 Å². The number of benzene rings is 2. The van der Waals surface area contributed by atoms with Gasteiger partial charge < -0.3 is 14.5 Å². The zero-order chi connectivity index (χ0) is 26.8. The van der Waals surface area contributed by atoms with Gasteiger partial charge in [0.2, 0.25) is 5.91 Å². The predicted molar refractivity (Wildman–Crippen MR) is 157 cm³/mol. The molecule has 2 unspecified atom stereocenters. The zero-order valence-electron chi connectivity index (χ0n) is 22.8. The fourth-order valence-corrected chi connectivity index (χ4v) is 5.29. The lowest BCUT2D eigenvalue weighted by molar-refractivity contribution is -0.129. The van der Waals surface area contributed by atoms with E-state index in [1.165, 1.54) is 11.1 Å². The van der Waals surface area contributed by atoms with Gasteiger partial charge in [0.25, 0.3) is 0 Å². The lowest BCUT2D eigenvalue weighted by Gasteiger charge is -2.28. The van der Waals surface area contributed by atoms with Crippen molar-refractivity contribution in [2.75, 3.05) is 38.2 Å². The van der Waals surface area contributed by atoms with Crippen LogP contribution in [0.4, 0.5) is 5.69 Å². The molecule has 0 saturated carbocycles. The number of rotatable bonds is 13. The number of carbonyl (C=O) groups excluding carboxylic acids is 1. The summed E-state index contributed by atoms with van der Waals surface area (Å²) in [5, 5.41) is 0.790. The standard InChI is InChI=1S/C32H43ClN2O2/c1-6-9-10-11-18-35-22-27(29-15-14-28(33)20-26(29)12-7-2)23-37-31-16-13-25(21-30(31)35)24(4)19-32(36)34(5)17-8-3/h6,8,13-16,20-21,24,27H,1,3,7,9-12,17-19,22-23H2,2,4-5H3. The Kier molecular flexibility index (Phi) is 11.1. The Morgan fingerprint density at radius 3 is 2.76 bits per heavy atom. The Hall–Kier alpha value is -2.72. The van der Waals surface area contributed by atoms with Crippen molar-refractivity contribution in [3.8, 4) is 5.75 Å². The van der Waals surface area contributed by atoms with Gasteiger partial charge in [0.1, 0.15) is 5.75 Å². The van der Waals surface area contributed by atoms with Crippen LogP contribution in [0.2, 0.25) is 5.02 Å². The average Bonchev–Trinajstić information content (AvgIpc) is 3.06. The molecule has 2 aromatic rings. The smallest absolute Gasteiger partial charge is 0.223 e. The summed E-state index contributed by atoms with van der Waals surface area (Å²) in [6.45, 7) is 15.0. The molecule has 4 nitrogen and oxygen atoms in total. The van der Waals surface area contributed by atoms with E-state index in [-0.39, 0.29) is 17.7 Å². The Morgan fingerprint density at radius 1 is 1.22 bits per heavy atom. The molecule has 3 rings (SSSR count). The summed E-state index contributed by atoms with van der Waals surface area (Å²) in [5.74, 6) is 1.41. The highest BCUT2D eigenvalue weighted by atomic mass is 35.5. The quantitative estimate of drug-likeness (QED) is 0.199. The van der Waals surface area contributed by atoms with Crippen molar-refractivity contribution in [1.29, 1.82) is 0 Å². The summed E-state index contributed by atoms with van der Waals surface area (Å²) in [4.78, 5) is 16.9. The monoisotopic (exact) mass is 522 g/mol. The van der Waals surface area contributed by atoms with Crippen molar-refractivity contribution in [3.63, 3.8) is 0 Å². The van der Waals surface area contributed by atoms with Gasteiger partial charge >= 0.3 is 0 Å². The first-order valence-electron chi connectivity index (χ1n) is 13.6. The number of unbranched alkanes of at least 4 members (excludes halogenated alkanes) is 2. The highest BCUT2D eigenvalue weighted by Crippen LogP contribution is 2.38. The van der Waals surface area contributed by atoms with E-state index in [9.17, 15) is 4.79 Å². The molecular weight excluding hydrogens is 480 g/mol. The van der Waals surface area contributed by atoms with Crippen LogP contribution in [0.15, 0.2) is 61.7 Å². The summed E-state index contributed by atoms with van der Waals surface area (Å²) in [6.07, 6.45) is 9.53. The maximum Gasteiger partial charge on any atom is 0.223 e. The highest BCUT2D eigenvalue weighted by molar-refractivity contribution is 6.30. The van der Waals surface area contributed by atoms with Gasteiger partial charge in [0.15, 0.2) is 0 Å². The normalized spacial score (nSPS) is 15.8. The van der Waals surface area contributed by atoms with Crippen molar-refractivity contribution in [3.05, 3.63) is 83.4 Å². The van der Waals surface area contributed by atoms with Gasteiger partial charge in [-0.25, -0.2) is 0 Å². The molecule has 1 aliphatic rings. The lowest BCUT2D eigenvalue weighted by atomic mass is 9.92. The third kappa shape index (κ3) is 7.88. The zero-order valence-corrected chi connectivity index (χ0v) is 23.6. The van der Waals surface area contributed by atoms with Crippen LogP contribution in [0.25, 0.3) is 0 Å². The third-order valence-electron chi connectivity index (χ3n) is 7.23. The van der Waals surface area contributed by atoms with E-state index < -0.39 is 0 Å². The summed E-state index contributed by atoms with van der Waals surface area (Å²) in [5.41, 5.74) is 4.94. The molecule has 0 fully saturated rings. The molecule has 0 radical (unpaired) electrons. The first kappa shape index (κ1) is 28.8. The molecule has 1 heterocycles. The third-order valence-corrected chi connectivity index (χ3v) is 7.47. The summed E-state index contributed by atoms with van der Waals surface area (Å²) >= 11 is 6.36. The van der Waals surface area contributed by atoms with E-state index in [2.05, 4.69) is 62.2 Å². The molecule has 37 heavy (non-hydrogen) atoms. The van der Waals surface area contributed by atoms with E-state index in [0.29, 0.717) is 19.6 Å².